The first-order chi connectivity index (χ1) is 10.8. The number of amides is 1. The van der Waals surface area contributed by atoms with Gasteiger partial charge in [-0.05, 0) is 31.4 Å². The highest BCUT2D eigenvalue weighted by atomic mass is 16.5. The Morgan fingerprint density at radius 1 is 1.41 bits per heavy atom. The Morgan fingerprint density at radius 2 is 2.27 bits per heavy atom. The SMILES string of the molecule is CCCCOc1ccccc1NCC(=O)NCC1CCCO1. The van der Waals surface area contributed by atoms with E-state index in [1.54, 1.807) is 0 Å². The molecule has 0 aliphatic carbocycles. The van der Waals surface area contributed by atoms with Crippen molar-refractivity contribution >= 4 is 11.6 Å². The van der Waals surface area contributed by atoms with Crippen molar-refractivity contribution in [1.29, 1.82) is 0 Å². The molecule has 5 nitrogen and oxygen atoms in total. The van der Waals surface area contributed by atoms with Crippen molar-refractivity contribution in [2.75, 3.05) is 31.6 Å². The summed E-state index contributed by atoms with van der Waals surface area (Å²) in [5, 5.41) is 6.04. The van der Waals surface area contributed by atoms with Crippen LogP contribution in [0.4, 0.5) is 5.69 Å². The quantitative estimate of drug-likeness (QED) is 0.688. The molecule has 0 aromatic heterocycles. The molecule has 1 atom stereocenters. The van der Waals surface area contributed by atoms with E-state index in [-0.39, 0.29) is 18.6 Å². The molecule has 122 valence electrons. The van der Waals surface area contributed by atoms with Crippen LogP contribution in [0.3, 0.4) is 0 Å². The molecule has 1 unspecified atom stereocenters. The monoisotopic (exact) mass is 306 g/mol. The van der Waals surface area contributed by atoms with Gasteiger partial charge in [0.15, 0.2) is 0 Å². The fraction of sp³-hybridized carbons (Fsp3) is 0.588. The second-order valence-corrected chi connectivity index (χ2v) is 5.49. The third-order valence-corrected chi connectivity index (χ3v) is 3.63. The van der Waals surface area contributed by atoms with Crippen LogP contribution >= 0.6 is 0 Å². The number of para-hydroxylation sites is 2. The molecule has 0 saturated carbocycles. The Labute approximate surface area is 132 Å². The van der Waals surface area contributed by atoms with Gasteiger partial charge in [0, 0.05) is 13.2 Å². The van der Waals surface area contributed by atoms with Crippen molar-refractivity contribution in [3.05, 3.63) is 24.3 Å². The van der Waals surface area contributed by atoms with Crippen LogP contribution in [0.15, 0.2) is 24.3 Å². The van der Waals surface area contributed by atoms with E-state index in [4.69, 9.17) is 9.47 Å². The smallest absolute Gasteiger partial charge is 0.239 e. The molecule has 1 amide bonds. The molecule has 0 radical (unpaired) electrons. The molecule has 0 bridgehead atoms. The number of carbonyl (C=O) groups excluding carboxylic acids is 1. The van der Waals surface area contributed by atoms with Gasteiger partial charge in [-0.3, -0.25) is 4.79 Å². The minimum atomic E-state index is -0.0288. The lowest BCUT2D eigenvalue weighted by atomic mass is 10.2. The van der Waals surface area contributed by atoms with Crippen LogP contribution in [0.5, 0.6) is 5.75 Å². The first kappa shape index (κ1) is 16.6. The second kappa shape index (κ2) is 9.30. The highest BCUT2D eigenvalue weighted by Crippen LogP contribution is 2.23. The van der Waals surface area contributed by atoms with Crippen molar-refractivity contribution in [2.45, 2.75) is 38.7 Å². The van der Waals surface area contributed by atoms with Crippen LogP contribution in [0.1, 0.15) is 32.6 Å². The van der Waals surface area contributed by atoms with Gasteiger partial charge in [0.05, 0.1) is 24.9 Å². The predicted molar refractivity (Wildman–Crippen MR) is 87.3 cm³/mol. The van der Waals surface area contributed by atoms with E-state index in [1.165, 1.54) is 0 Å². The lowest BCUT2D eigenvalue weighted by molar-refractivity contribution is -0.119. The van der Waals surface area contributed by atoms with Crippen LogP contribution in [0.25, 0.3) is 0 Å². The molecule has 0 spiro atoms. The molecule has 1 aromatic carbocycles. The standard InChI is InChI=1S/C17H26N2O3/c1-2-3-10-22-16-9-5-4-8-15(16)18-13-17(20)19-12-14-7-6-11-21-14/h4-5,8-9,14,18H,2-3,6-7,10-13H2,1H3,(H,19,20). The van der Waals surface area contributed by atoms with Gasteiger partial charge in [-0.2, -0.15) is 0 Å². The molecular formula is C17H26N2O3. The van der Waals surface area contributed by atoms with E-state index in [9.17, 15) is 4.79 Å². The largest absolute Gasteiger partial charge is 0.491 e. The average molecular weight is 306 g/mol. The Hall–Kier alpha value is -1.75. The van der Waals surface area contributed by atoms with Crippen LogP contribution in [-0.4, -0.2) is 38.3 Å². The number of hydrogen-bond donors (Lipinski definition) is 2. The zero-order chi connectivity index (χ0) is 15.6. The zero-order valence-electron chi connectivity index (χ0n) is 13.3. The van der Waals surface area contributed by atoms with Crippen molar-refractivity contribution in [3.63, 3.8) is 0 Å². The molecule has 1 saturated heterocycles. The number of nitrogens with one attached hydrogen (secondary N) is 2. The predicted octanol–water partition coefficient (Wildman–Crippen LogP) is 2.57. The van der Waals surface area contributed by atoms with E-state index < -0.39 is 0 Å². The summed E-state index contributed by atoms with van der Waals surface area (Å²) in [6.45, 7) is 4.46. The van der Waals surface area contributed by atoms with Gasteiger partial charge < -0.3 is 20.1 Å². The number of unbranched alkanes of at least 4 members (excludes halogenated alkanes) is 1. The minimum Gasteiger partial charge on any atom is -0.491 e. The average Bonchev–Trinajstić information content (AvgIpc) is 3.05. The molecule has 1 aliphatic rings. The number of anilines is 1. The summed E-state index contributed by atoms with van der Waals surface area (Å²) in [5.74, 6) is 0.765. The molecule has 1 aliphatic heterocycles. The van der Waals surface area contributed by atoms with Gasteiger partial charge >= 0.3 is 0 Å². The maximum atomic E-state index is 11.9. The molecular weight excluding hydrogens is 280 g/mol. The molecule has 1 heterocycles. The second-order valence-electron chi connectivity index (χ2n) is 5.49. The van der Waals surface area contributed by atoms with Crippen molar-refractivity contribution in [3.8, 4) is 5.75 Å². The third kappa shape index (κ3) is 5.56. The molecule has 1 fully saturated rings. The van der Waals surface area contributed by atoms with E-state index in [0.29, 0.717) is 13.2 Å². The first-order valence-corrected chi connectivity index (χ1v) is 8.13. The van der Waals surface area contributed by atoms with Gasteiger partial charge in [-0.1, -0.05) is 25.5 Å². The van der Waals surface area contributed by atoms with Crippen molar-refractivity contribution < 1.29 is 14.3 Å². The summed E-state index contributed by atoms with van der Waals surface area (Å²) >= 11 is 0. The van der Waals surface area contributed by atoms with Crippen molar-refractivity contribution in [2.24, 2.45) is 0 Å². The number of carbonyl (C=O) groups is 1. The number of benzene rings is 1. The minimum absolute atomic E-state index is 0.0288. The lowest BCUT2D eigenvalue weighted by Gasteiger charge is -2.14. The number of hydrogen-bond acceptors (Lipinski definition) is 4. The fourth-order valence-corrected chi connectivity index (χ4v) is 2.34. The molecule has 22 heavy (non-hydrogen) atoms. The fourth-order valence-electron chi connectivity index (χ4n) is 2.34. The number of ether oxygens (including phenoxy) is 2. The van der Waals surface area contributed by atoms with Gasteiger partial charge in [0.25, 0.3) is 0 Å². The van der Waals surface area contributed by atoms with E-state index in [2.05, 4.69) is 17.6 Å². The Bertz CT molecular complexity index is 459. The zero-order valence-corrected chi connectivity index (χ0v) is 13.3. The molecule has 1 aromatic rings. The van der Waals surface area contributed by atoms with Gasteiger partial charge in [-0.15, -0.1) is 0 Å². The lowest BCUT2D eigenvalue weighted by Crippen LogP contribution is -2.35. The first-order valence-electron chi connectivity index (χ1n) is 8.13. The maximum Gasteiger partial charge on any atom is 0.239 e. The summed E-state index contributed by atoms with van der Waals surface area (Å²) < 4.78 is 11.2. The van der Waals surface area contributed by atoms with Gasteiger partial charge in [0.1, 0.15) is 5.75 Å². The summed E-state index contributed by atoms with van der Waals surface area (Å²) in [6.07, 6.45) is 4.41. The van der Waals surface area contributed by atoms with Gasteiger partial charge in [0.2, 0.25) is 5.91 Å². The summed E-state index contributed by atoms with van der Waals surface area (Å²) in [5.41, 5.74) is 0.853. The molecule has 2 N–H and O–H groups in total. The highest BCUT2D eigenvalue weighted by molar-refractivity contribution is 5.81. The Kier molecular flexibility index (Phi) is 7.03. The molecule has 5 heteroatoms. The summed E-state index contributed by atoms with van der Waals surface area (Å²) in [6, 6.07) is 7.71. The maximum absolute atomic E-state index is 11.9. The Morgan fingerprint density at radius 3 is 3.05 bits per heavy atom. The normalized spacial score (nSPS) is 17.2. The Balaban J connectivity index is 1.73. The topological polar surface area (TPSA) is 59.6 Å². The molecule has 2 rings (SSSR count). The highest BCUT2D eigenvalue weighted by Gasteiger charge is 2.16. The summed E-state index contributed by atoms with van der Waals surface area (Å²) in [7, 11) is 0. The third-order valence-electron chi connectivity index (χ3n) is 3.63. The van der Waals surface area contributed by atoms with E-state index in [1.807, 2.05) is 24.3 Å². The van der Waals surface area contributed by atoms with Crippen LogP contribution in [0.2, 0.25) is 0 Å². The van der Waals surface area contributed by atoms with Crippen LogP contribution < -0.4 is 15.4 Å². The van der Waals surface area contributed by atoms with E-state index >= 15 is 0 Å². The number of rotatable bonds is 9. The van der Waals surface area contributed by atoms with Crippen molar-refractivity contribution in [1.82, 2.24) is 5.32 Å². The van der Waals surface area contributed by atoms with Crippen LogP contribution in [0, 0.1) is 0 Å². The van der Waals surface area contributed by atoms with Crippen LogP contribution in [-0.2, 0) is 9.53 Å². The summed E-state index contributed by atoms with van der Waals surface area (Å²) in [4.78, 5) is 11.9. The van der Waals surface area contributed by atoms with E-state index in [0.717, 1.165) is 43.7 Å². The van der Waals surface area contributed by atoms with Gasteiger partial charge in [-0.25, -0.2) is 0 Å².